The molecule has 0 bridgehead atoms. The Morgan fingerprint density at radius 3 is 2.28 bits per heavy atom. The maximum absolute atomic E-state index is 12.8. The SMILES string of the molecule is CCC[C@@H](CCCC(C)C)c1cc(N)c(NC(=O)c2cccc(C(N)=O)c2N)c(O)c1O. The number of primary amides is 1. The van der Waals surface area contributed by atoms with Crippen LogP contribution in [-0.2, 0) is 0 Å². The minimum Gasteiger partial charge on any atom is -0.504 e. The van der Waals surface area contributed by atoms with E-state index in [-0.39, 0.29) is 39.9 Å². The molecule has 2 amide bonds. The largest absolute Gasteiger partial charge is 0.504 e. The Morgan fingerprint density at radius 1 is 1.03 bits per heavy atom. The molecule has 2 aromatic carbocycles. The quantitative estimate of drug-likeness (QED) is 0.182. The molecule has 0 heterocycles. The summed E-state index contributed by atoms with van der Waals surface area (Å²) in [6, 6.07) is 5.91. The third kappa shape index (κ3) is 5.63. The van der Waals surface area contributed by atoms with Crippen LogP contribution in [0.1, 0.15) is 85.1 Å². The monoisotopic (exact) mass is 442 g/mol. The average molecular weight is 443 g/mol. The van der Waals surface area contributed by atoms with Gasteiger partial charge in [-0.05, 0) is 42.9 Å². The summed E-state index contributed by atoms with van der Waals surface area (Å²) in [5.74, 6) is -1.62. The highest BCUT2D eigenvalue weighted by molar-refractivity contribution is 6.13. The summed E-state index contributed by atoms with van der Waals surface area (Å²) in [4.78, 5) is 24.3. The highest BCUT2D eigenvalue weighted by Gasteiger charge is 2.24. The van der Waals surface area contributed by atoms with Gasteiger partial charge >= 0.3 is 0 Å². The van der Waals surface area contributed by atoms with Crippen LogP contribution in [0.5, 0.6) is 11.5 Å². The first-order valence-electron chi connectivity index (χ1n) is 10.9. The molecule has 0 spiro atoms. The normalized spacial score (nSPS) is 12.0. The summed E-state index contributed by atoms with van der Waals surface area (Å²) in [6.45, 7) is 6.40. The first kappa shape index (κ1) is 24.8. The van der Waals surface area contributed by atoms with Crippen molar-refractivity contribution in [2.75, 3.05) is 16.8 Å². The lowest BCUT2D eigenvalue weighted by atomic mass is 9.87. The van der Waals surface area contributed by atoms with Gasteiger partial charge in [-0.3, -0.25) is 9.59 Å². The molecule has 2 aromatic rings. The van der Waals surface area contributed by atoms with Gasteiger partial charge in [0, 0.05) is 5.56 Å². The van der Waals surface area contributed by atoms with Crippen molar-refractivity contribution in [2.45, 2.75) is 58.8 Å². The van der Waals surface area contributed by atoms with Gasteiger partial charge in [0.2, 0.25) is 0 Å². The summed E-state index contributed by atoms with van der Waals surface area (Å²) < 4.78 is 0. The lowest BCUT2D eigenvalue weighted by molar-refractivity contribution is 0.100. The molecule has 8 nitrogen and oxygen atoms in total. The van der Waals surface area contributed by atoms with E-state index in [2.05, 4.69) is 26.1 Å². The maximum Gasteiger partial charge on any atom is 0.257 e. The van der Waals surface area contributed by atoms with E-state index in [4.69, 9.17) is 17.2 Å². The Kier molecular flexibility index (Phi) is 8.34. The molecule has 0 aliphatic rings. The molecule has 1 atom stereocenters. The van der Waals surface area contributed by atoms with Crippen molar-refractivity contribution in [3.63, 3.8) is 0 Å². The Bertz CT molecular complexity index is 988. The zero-order valence-electron chi connectivity index (χ0n) is 18.9. The molecule has 0 fully saturated rings. The van der Waals surface area contributed by atoms with Crippen LogP contribution in [0.4, 0.5) is 17.1 Å². The van der Waals surface area contributed by atoms with Gasteiger partial charge in [-0.25, -0.2) is 0 Å². The summed E-state index contributed by atoms with van der Waals surface area (Å²) in [5, 5.41) is 23.9. The van der Waals surface area contributed by atoms with E-state index < -0.39 is 17.6 Å². The molecule has 0 aromatic heterocycles. The number of carbonyl (C=O) groups is 2. The summed E-state index contributed by atoms with van der Waals surface area (Å²) in [6.07, 6.45) is 4.69. The number of nitrogen functional groups attached to an aromatic ring is 2. The standard InChI is InChI=1S/C24H34N4O4/c1-4-7-14(9-5-8-13(2)3)17-12-18(25)20(22(30)21(17)29)28-24(32)16-11-6-10-15(19(16)26)23(27)31/h6,10-14,29-30H,4-5,7-9,25-26H2,1-3H3,(H2,27,31)(H,28,32)/t14-/m0/s1. The smallest absolute Gasteiger partial charge is 0.257 e. The number of anilines is 3. The number of hydrogen-bond acceptors (Lipinski definition) is 6. The molecular formula is C24H34N4O4. The number of nitrogens with one attached hydrogen (secondary N) is 1. The Labute approximate surface area is 188 Å². The molecule has 32 heavy (non-hydrogen) atoms. The number of phenolic OH excluding ortho intramolecular Hbond substituents is 2. The zero-order chi connectivity index (χ0) is 24.0. The van der Waals surface area contributed by atoms with Gasteiger partial charge in [0.05, 0.1) is 22.5 Å². The Hall–Kier alpha value is -3.42. The van der Waals surface area contributed by atoms with Crippen LogP contribution in [0.2, 0.25) is 0 Å². The number of amides is 2. The molecule has 0 aliphatic heterocycles. The van der Waals surface area contributed by atoms with E-state index in [1.807, 2.05) is 0 Å². The van der Waals surface area contributed by atoms with Crippen molar-refractivity contribution in [3.05, 3.63) is 41.0 Å². The Morgan fingerprint density at radius 2 is 1.69 bits per heavy atom. The number of phenols is 2. The van der Waals surface area contributed by atoms with E-state index in [9.17, 15) is 19.8 Å². The van der Waals surface area contributed by atoms with Crippen LogP contribution in [0, 0.1) is 5.92 Å². The number of aromatic hydroxyl groups is 2. The van der Waals surface area contributed by atoms with Crippen molar-refractivity contribution >= 4 is 28.9 Å². The lowest BCUT2D eigenvalue weighted by Crippen LogP contribution is -2.19. The number of para-hydroxylation sites is 1. The Balaban J connectivity index is 2.35. The van der Waals surface area contributed by atoms with Crippen molar-refractivity contribution in [1.29, 1.82) is 0 Å². The fourth-order valence-electron chi connectivity index (χ4n) is 3.88. The van der Waals surface area contributed by atoms with Crippen LogP contribution in [0.3, 0.4) is 0 Å². The van der Waals surface area contributed by atoms with Crippen LogP contribution in [-0.4, -0.2) is 22.0 Å². The second-order valence-corrected chi connectivity index (χ2v) is 8.52. The second kappa shape index (κ2) is 10.7. The predicted molar refractivity (Wildman–Crippen MR) is 128 cm³/mol. The first-order chi connectivity index (χ1) is 15.1. The van der Waals surface area contributed by atoms with Crippen LogP contribution in [0.15, 0.2) is 24.3 Å². The third-order valence-electron chi connectivity index (χ3n) is 5.60. The van der Waals surface area contributed by atoms with Gasteiger partial charge in [-0.2, -0.15) is 0 Å². The van der Waals surface area contributed by atoms with Gasteiger partial charge in [-0.1, -0.05) is 46.1 Å². The number of carbonyl (C=O) groups excluding carboxylic acids is 2. The molecule has 0 saturated heterocycles. The fraction of sp³-hybridized carbons (Fsp3) is 0.417. The molecule has 174 valence electrons. The minimum atomic E-state index is -0.763. The molecule has 0 aliphatic carbocycles. The maximum atomic E-state index is 12.8. The van der Waals surface area contributed by atoms with Gasteiger partial charge in [-0.15, -0.1) is 0 Å². The molecular weight excluding hydrogens is 408 g/mol. The van der Waals surface area contributed by atoms with E-state index in [1.165, 1.54) is 18.2 Å². The van der Waals surface area contributed by atoms with Gasteiger partial charge in [0.15, 0.2) is 11.5 Å². The van der Waals surface area contributed by atoms with Crippen LogP contribution >= 0.6 is 0 Å². The molecule has 2 rings (SSSR count). The van der Waals surface area contributed by atoms with E-state index in [0.29, 0.717) is 11.5 Å². The average Bonchev–Trinajstić information content (AvgIpc) is 2.72. The van der Waals surface area contributed by atoms with Gasteiger partial charge in [0.25, 0.3) is 11.8 Å². The number of hydrogen-bond donors (Lipinski definition) is 6. The highest BCUT2D eigenvalue weighted by atomic mass is 16.3. The van der Waals surface area contributed by atoms with E-state index >= 15 is 0 Å². The number of benzene rings is 2. The highest BCUT2D eigenvalue weighted by Crippen LogP contribution is 2.46. The minimum absolute atomic E-state index is 0.00112. The molecule has 0 radical (unpaired) electrons. The molecule has 0 saturated carbocycles. The second-order valence-electron chi connectivity index (χ2n) is 8.52. The van der Waals surface area contributed by atoms with Crippen molar-refractivity contribution < 1.29 is 19.8 Å². The van der Waals surface area contributed by atoms with Gasteiger partial charge < -0.3 is 32.7 Å². The third-order valence-corrected chi connectivity index (χ3v) is 5.60. The summed E-state index contributed by atoms with van der Waals surface area (Å²) in [5.41, 5.74) is 17.9. The predicted octanol–water partition coefficient (Wildman–Crippen LogP) is 4.32. The van der Waals surface area contributed by atoms with E-state index in [0.717, 1.165) is 32.1 Å². The van der Waals surface area contributed by atoms with E-state index in [1.54, 1.807) is 6.07 Å². The summed E-state index contributed by atoms with van der Waals surface area (Å²) in [7, 11) is 0. The van der Waals surface area contributed by atoms with Gasteiger partial charge in [0.1, 0.15) is 5.69 Å². The number of nitrogens with two attached hydrogens (primary N) is 3. The van der Waals surface area contributed by atoms with Crippen molar-refractivity contribution in [2.24, 2.45) is 11.7 Å². The topological polar surface area (TPSA) is 165 Å². The fourth-order valence-corrected chi connectivity index (χ4v) is 3.88. The van der Waals surface area contributed by atoms with Crippen molar-refractivity contribution in [3.8, 4) is 11.5 Å². The molecule has 9 N–H and O–H groups in total. The zero-order valence-corrected chi connectivity index (χ0v) is 18.9. The lowest BCUT2D eigenvalue weighted by Gasteiger charge is -2.21. The number of rotatable bonds is 10. The molecule has 8 heteroatoms. The van der Waals surface area contributed by atoms with Crippen LogP contribution in [0.25, 0.3) is 0 Å². The molecule has 0 unspecified atom stereocenters. The van der Waals surface area contributed by atoms with Crippen LogP contribution < -0.4 is 22.5 Å². The van der Waals surface area contributed by atoms with Crippen molar-refractivity contribution in [1.82, 2.24) is 0 Å². The summed E-state index contributed by atoms with van der Waals surface area (Å²) >= 11 is 0. The first-order valence-corrected chi connectivity index (χ1v) is 10.9.